The minimum atomic E-state index is -2.42. The molecule has 2 heterocycles. The van der Waals surface area contributed by atoms with Crippen LogP contribution in [-0.2, 0) is 0 Å². The molecular weight excluding hydrogens is 1480 g/mol. The molecule has 0 aliphatic carbocycles. The zero-order chi connectivity index (χ0) is 57.7. The maximum atomic E-state index is 7.24. The normalized spacial score (nSPS) is 14.8. The molecule has 0 atom stereocenters. The molecule has 0 saturated heterocycles. The van der Waals surface area contributed by atoms with Gasteiger partial charge in [0.05, 0.1) is 0 Å². The molecule has 0 aromatic heterocycles. The van der Waals surface area contributed by atoms with E-state index in [1.54, 1.807) is 35.2 Å². The predicted octanol–water partition coefficient (Wildman–Crippen LogP) is 10.8. The summed E-state index contributed by atoms with van der Waals surface area (Å²) in [6, 6.07) is 41.8. The standard InChI is InChI=1S/C64H96Ge8O4P2/c1-65(2,3)45-33-46(66(4,5)6)38-53(37-45)77(54-39-47(67(7,8)9)34-48(40-54)68(10,11)12)59-27-25-57-63(75-31-29-73-57)61(59)62-60(28-26-58-64(62)76-32-30-74-58)78(55-41-49(69(13,14)15)35-50(42-55)70(16,17)18)56-43-51(71(19,20)21)36-52(44-56)72(22,23)24/h25-28,33-44H,29-32H2,1-24H3. The quantitative estimate of drug-likeness (QED) is 0.0759. The van der Waals surface area contributed by atoms with Gasteiger partial charge in [-0.1, -0.05) is 0 Å². The van der Waals surface area contributed by atoms with Crippen molar-refractivity contribution >= 4 is 189 Å². The van der Waals surface area contributed by atoms with Crippen LogP contribution in [0.5, 0.6) is 23.0 Å². The van der Waals surface area contributed by atoms with Crippen LogP contribution in [0.15, 0.2) is 97.1 Å². The number of fused-ring (bicyclic) bond motifs is 2. The Hall–Kier alpha value is -0.277. The van der Waals surface area contributed by atoms with E-state index in [-0.39, 0.29) is 0 Å². The summed E-state index contributed by atoms with van der Waals surface area (Å²) < 4.78 is 40.9. The van der Waals surface area contributed by atoms with Crippen LogP contribution in [0.4, 0.5) is 0 Å². The summed E-state index contributed by atoms with van der Waals surface area (Å²) in [5.41, 5.74) is 2.28. The van der Waals surface area contributed by atoms with Crippen molar-refractivity contribution in [3.8, 4) is 34.1 Å². The molecule has 4 nitrogen and oxygen atoms in total. The summed E-state index contributed by atoms with van der Waals surface area (Å²) in [6.45, 7) is 2.02. The summed E-state index contributed by atoms with van der Waals surface area (Å²) in [4.78, 5) is 0. The number of benzene rings is 6. The third-order valence-corrected chi connectivity index (χ3v) is 54.5. The SMILES string of the molecule is [CH3][Ge]([CH3])([CH3])[c]1cc(P(c2c[c]([Ge]([CH3])([CH3])[CH3])c[c]([Ge]([CH3])([CH3])[CH3])c2)c2ccc3c(c2-c2c(P(c4c[c]([Ge]([CH3])([CH3])[CH3])c[c]([Ge]([CH3])([CH3])[CH3])c4)c4c[c]([Ge]([CH3])([CH3])[CH3])c[c]([Ge]([CH3])([CH3])[CH3])c4)ccc4c2OCCO4)OCCO3)c[c]([Ge]([CH3])([CH3])[CH3])c1. The number of hydrogen-bond acceptors (Lipinski definition) is 4. The molecule has 6 aromatic rings. The third kappa shape index (κ3) is 14.3. The molecule has 2 aliphatic rings. The fourth-order valence-corrected chi connectivity index (χ4v) is 39.9. The van der Waals surface area contributed by atoms with E-state index in [9.17, 15) is 0 Å². The van der Waals surface area contributed by atoms with Gasteiger partial charge < -0.3 is 0 Å². The van der Waals surface area contributed by atoms with Gasteiger partial charge in [0.2, 0.25) is 0 Å². The Labute approximate surface area is 497 Å². The Morgan fingerprint density at radius 2 is 0.449 bits per heavy atom. The molecule has 0 N–H and O–H groups in total. The van der Waals surface area contributed by atoms with Crippen LogP contribution in [0.3, 0.4) is 0 Å². The Balaban J connectivity index is 1.63. The Kier molecular flexibility index (Phi) is 19.0. The van der Waals surface area contributed by atoms with Crippen molar-refractivity contribution in [1.29, 1.82) is 0 Å². The number of hydrogen-bond donors (Lipinski definition) is 0. The van der Waals surface area contributed by atoms with Crippen molar-refractivity contribution in [1.82, 2.24) is 0 Å². The second-order valence-corrected chi connectivity index (χ2v) is 120. The average molecular weight is 1570 g/mol. The molecular formula is C64H96Ge8O4P2. The van der Waals surface area contributed by atoms with Crippen LogP contribution in [0.1, 0.15) is 0 Å². The van der Waals surface area contributed by atoms with Gasteiger partial charge in [-0.3, -0.25) is 0 Å². The molecule has 0 spiro atoms. The second kappa shape index (κ2) is 23.2. The Bertz CT molecular complexity index is 2750. The zero-order valence-corrected chi connectivity index (χ0v) is 71.2. The molecule has 14 heteroatoms. The summed E-state index contributed by atoms with van der Waals surface area (Å²) >= 11 is -19.3. The summed E-state index contributed by atoms with van der Waals surface area (Å²) in [7, 11) is -2.34. The van der Waals surface area contributed by atoms with Gasteiger partial charge in [0, 0.05) is 0 Å². The van der Waals surface area contributed by atoms with Crippen LogP contribution >= 0.6 is 15.8 Å². The molecule has 418 valence electrons. The molecule has 8 rings (SSSR count). The third-order valence-electron chi connectivity index (χ3n) is 15.7. The van der Waals surface area contributed by atoms with Crippen molar-refractivity contribution in [3.05, 3.63) is 97.1 Å². The fourth-order valence-electron chi connectivity index (χ4n) is 10.3. The van der Waals surface area contributed by atoms with Gasteiger partial charge in [-0.05, 0) is 0 Å². The number of ether oxygens (including phenoxy) is 4. The van der Waals surface area contributed by atoms with E-state index in [0.29, 0.717) is 26.4 Å². The van der Waals surface area contributed by atoms with E-state index in [2.05, 4.69) is 235 Å². The van der Waals surface area contributed by atoms with Crippen molar-refractivity contribution in [2.24, 2.45) is 0 Å². The average Bonchev–Trinajstić information content (AvgIpc) is 3.41. The van der Waals surface area contributed by atoms with Crippen molar-refractivity contribution < 1.29 is 18.9 Å². The molecule has 0 unspecified atom stereocenters. The number of rotatable bonds is 15. The molecule has 6 aromatic carbocycles. The predicted molar refractivity (Wildman–Crippen MR) is 375 cm³/mol. The van der Waals surface area contributed by atoms with Crippen molar-refractivity contribution in [2.75, 3.05) is 26.4 Å². The summed E-state index contributed by atoms with van der Waals surface area (Å²) in [6.07, 6.45) is 0. The van der Waals surface area contributed by atoms with Gasteiger partial charge in [-0.15, -0.1) is 0 Å². The van der Waals surface area contributed by atoms with Crippen molar-refractivity contribution in [3.63, 3.8) is 0 Å². The molecule has 0 fully saturated rings. The zero-order valence-electron chi connectivity index (χ0n) is 52.6. The van der Waals surface area contributed by atoms with E-state index in [1.165, 1.54) is 31.8 Å². The van der Waals surface area contributed by atoms with Gasteiger partial charge in [0.1, 0.15) is 0 Å². The second-order valence-electron chi connectivity index (χ2n) is 30.7. The fraction of sp³-hybridized carbons (Fsp3) is 0.438. The maximum absolute atomic E-state index is 7.24. The minimum absolute atomic E-state index is 0.490. The first-order chi connectivity index (χ1) is 35.7. The first-order valence-corrected chi connectivity index (χ1v) is 90.2. The Morgan fingerprint density at radius 1 is 0.256 bits per heavy atom. The molecule has 2 aliphatic heterocycles. The molecule has 0 radical (unpaired) electrons. The molecule has 0 saturated carbocycles. The van der Waals surface area contributed by atoms with Gasteiger partial charge in [-0.25, -0.2) is 0 Å². The van der Waals surface area contributed by atoms with Gasteiger partial charge in [0.15, 0.2) is 0 Å². The van der Waals surface area contributed by atoms with E-state index >= 15 is 0 Å². The van der Waals surface area contributed by atoms with Crippen LogP contribution in [0, 0.1) is 0 Å². The van der Waals surface area contributed by atoms with Gasteiger partial charge in [-0.2, -0.15) is 0 Å². The first-order valence-electron chi connectivity index (χ1n) is 28.8. The topological polar surface area (TPSA) is 36.9 Å². The molecule has 78 heavy (non-hydrogen) atoms. The molecule has 0 amide bonds. The summed E-state index contributed by atoms with van der Waals surface area (Å²) in [5, 5.41) is 8.57. The first kappa shape index (κ1) is 63.7. The van der Waals surface area contributed by atoms with Crippen LogP contribution in [-0.4, -0.2) is 133 Å². The Morgan fingerprint density at radius 3 is 0.641 bits per heavy atom. The van der Waals surface area contributed by atoms with E-state index < -0.39 is 122 Å². The van der Waals surface area contributed by atoms with Crippen LogP contribution in [0.2, 0.25) is 138 Å². The van der Waals surface area contributed by atoms with Crippen molar-refractivity contribution in [2.45, 2.75) is 138 Å². The monoisotopic (exact) mass is 1580 g/mol. The van der Waals surface area contributed by atoms with Crippen LogP contribution in [0.25, 0.3) is 11.1 Å². The summed E-state index contributed by atoms with van der Waals surface area (Å²) in [5.74, 6) is 65.6. The molecule has 0 bridgehead atoms. The van der Waals surface area contributed by atoms with Crippen LogP contribution < -0.4 is 85.9 Å². The van der Waals surface area contributed by atoms with Gasteiger partial charge >= 0.3 is 504 Å². The van der Waals surface area contributed by atoms with Gasteiger partial charge in [0.25, 0.3) is 0 Å². The van der Waals surface area contributed by atoms with E-state index in [1.807, 2.05) is 0 Å². The van der Waals surface area contributed by atoms with E-state index in [4.69, 9.17) is 18.9 Å². The van der Waals surface area contributed by atoms with E-state index in [0.717, 1.165) is 34.1 Å².